The van der Waals surface area contributed by atoms with Crippen LogP contribution in [0.1, 0.15) is 25.3 Å². The Hall–Kier alpha value is -1.30. The van der Waals surface area contributed by atoms with Gasteiger partial charge in [-0.1, -0.05) is 6.42 Å². The maximum absolute atomic E-state index is 11.3. The predicted molar refractivity (Wildman–Crippen MR) is 51.1 cm³/mol. The van der Waals surface area contributed by atoms with Crippen molar-refractivity contribution in [3.05, 3.63) is 21.0 Å². The zero-order chi connectivity index (χ0) is 10.1. The lowest BCUT2D eigenvalue weighted by Gasteiger charge is -2.16. The van der Waals surface area contributed by atoms with E-state index in [4.69, 9.17) is 5.73 Å². The van der Waals surface area contributed by atoms with Crippen LogP contribution in [0.3, 0.4) is 0 Å². The van der Waals surface area contributed by atoms with E-state index in [1.165, 1.54) is 4.57 Å². The smallest absolute Gasteiger partial charge is 0.330 e. The SMILES string of the molecule is NCC1CCCC1n1c(=O)[nH][nH]c1=O. The van der Waals surface area contributed by atoms with Crippen LogP contribution in [-0.4, -0.2) is 21.3 Å². The van der Waals surface area contributed by atoms with Gasteiger partial charge in [-0.15, -0.1) is 0 Å². The largest absolute Gasteiger partial charge is 0.344 e. The Labute approximate surface area is 80.1 Å². The molecule has 0 amide bonds. The molecule has 1 saturated carbocycles. The molecule has 0 bridgehead atoms. The van der Waals surface area contributed by atoms with E-state index in [1.807, 2.05) is 0 Å². The number of hydrogen-bond donors (Lipinski definition) is 3. The number of nitrogens with two attached hydrogens (primary N) is 1. The fourth-order valence-corrected chi connectivity index (χ4v) is 2.25. The quantitative estimate of drug-likeness (QED) is 0.578. The van der Waals surface area contributed by atoms with Crippen molar-refractivity contribution < 1.29 is 0 Å². The van der Waals surface area contributed by atoms with E-state index in [2.05, 4.69) is 10.2 Å². The highest BCUT2D eigenvalue weighted by Crippen LogP contribution is 2.32. The minimum Gasteiger partial charge on any atom is -0.330 e. The van der Waals surface area contributed by atoms with Crippen molar-refractivity contribution in [2.45, 2.75) is 25.3 Å². The summed E-state index contributed by atoms with van der Waals surface area (Å²) >= 11 is 0. The number of aromatic nitrogens is 3. The summed E-state index contributed by atoms with van der Waals surface area (Å²) in [6.45, 7) is 0.529. The molecule has 6 heteroatoms. The molecule has 1 fully saturated rings. The van der Waals surface area contributed by atoms with E-state index in [0.29, 0.717) is 6.54 Å². The lowest BCUT2D eigenvalue weighted by atomic mass is 10.0. The van der Waals surface area contributed by atoms with Crippen molar-refractivity contribution in [2.24, 2.45) is 11.7 Å². The van der Waals surface area contributed by atoms with E-state index in [0.717, 1.165) is 19.3 Å². The first-order valence-electron chi connectivity index (χ1n) is 4.83. The van der Waals surface area contributed by atoms with Gasteiger partial charge in [-0.2, -0.15) is 0 Å². The van der Waals surface area contributed by atoms with Crippen LogP contribution in [0, 0.1) is 5.92 Å². The Morgan fingerprint density at radius 2 is 1.93 bits per heavy atom. The molecule has 1 aliphatic carbocycles. The maximum Gasteiger partial charge on any atom is 0.344 e. The molecule has 1 aliphatic rings. The van der Waals surface area contributed by atoms with Crippen molar-refractivity contribution in [1.82, 2.24) is 14.8 Å². The summed E-state index contributed by atoms with van der Waals surface area (Å²) < 4.78 is 1.25. The Morgan fingerprint density at radius 3 is 2.50 bits per heavy atom. The first-order valence-corrected chi connectivity index (χ1v) is 4.83. The van der Waals surface area contributed by atoms with Gasteiger partial charge in [-0.05, 0) is 25.3 Å². The molecule has 4 N–H and O–H groups in total. The molecule has 1 aromatic heterocycles. The topological polar surface area (TPSA) is 96.7 Å². The monoisotopic (exact) mass is 198 g/mol. The zero-order valence-corrected chi connectivity index (χ0v) is 7.82. The summed E-state index contributed by atoms with van der Waals surface area (Å²) in [5.74, 6) is 0.254. The molecule has 1 heterocycles. The average Bonchev–Trinajstić information content (AvgIpc) is 2.73. The first-order chi connectivity index (χ1) is 6.74. The summed E-state index contributed by atoms with van der Waals surface area (Å²) in [6.07, 6.45) is 2.89. The second-order valence-corrected chi connectivity index (χ2v) is 3.72. The molecule has 0 radical (unpaired) electrons. The molecule has 14 heavy (non-hydrogen) atoms. The van der Waals surface area contributed by atoms with Crippen LogP contribution in [0.25, 0.3) is 0 Å². The summed E-state index contributed by atoms with van der Waals surface area (Å²) in [5.41, 5.74) is 4.87. The van der Waals surface area contributed by atoms with Gasteiger partial charge in [0.2, 0.25) is 0 Å². The van der Waals surface area contributed by atoms with Gasteiger partial charge in [0.1, 0.15) is 0 Å². The Bertz CT molecular complexity index is 388. The highest BCUT2D eigenvalue weighted by molar-refractivity contribution is 4.85. The summed E-state index contributed by atoms with van der Waals surface area (Å²) in [5, 5.41) is 4.58. The van der Waals surface area contributed by atoms with Gasteiger partial charge in [-0.3, -0.25) is 0 Å². The number of rotatable bonds is 2. The van der Waals surface area contributed by atoms with Crippen LogP contribution < -0.4 is 17.1 Å². The highest BCUT2D eigenvalue weighted by atomic mass is 16.2. The summed E-state index contributed by atoms with van der Waals surface area (Å²) in [7, 11) is 0. The molecule has 0 saturated heterocycles. The molecule has 78 valence electrons. The Morgan fingerprint density at radius 1 is 1.29 bits per heavy atom. The lowest BCUT2D eigenvalue weighted by Crippen LogP contribution is -2.34. The predicted octanol–water partition coefficient (Wildman–Crippen LogP) is -0.835. The first kappa shape index (κ1) is 9.26. The van der Waals surface area contributed by atoms with Gasteiger partial charge >= 0.3 is 11.4 Å². The van der Waals surface area contributed by atoms with Crippen LogP contribution in [0.2, 0.25) is 0 Å². The molecule has 2 atom stereocenters. The van der Waals surface area contributed by atoms with Crippen molar-refractivity contribution in [2.75, 3.05) is 6.54 Å². The third-order valence-corrected chi connectivity index (χ3v) is 2.97. The second-order valence-electron chi connectivity index (χ2n) is 3.72. The van der Waals surface area contributed by atoms with Gasteiger partial charge in [0.25, 0.3) is 0 Å². The Kier molecular flexibility index (Phi) is 2.28. The lowest BCUT2D eigenvalue weighted by molar-refractivity contribution is 0.372. The van der Waals surface area contributed by atoms with Crippen molar-refractivity contribution in [1.29, 1.82) is 0 Å². The van der Waals surface area contributed by atoms with Crippen molar-refractivity contribution in [3.63, 3.8) is 0 Å². The minimum atomic E-state index is -0.361. The molecular formula is C8H14N4O2. The highest BCUT2D eigenvalue weighted by Gasteiger charge is 2.29. The summed E-state index contributed by atoms with van der Waals surface area (Å²) in [4.78, 5) is 22.6. The van der Waals surface area contributed by atoms with Crippen molar-refractivity contribution >= 4 is 0 Å². The van der Waals surface area contributed by atoms with Gasteiger partial charge < -0.3 is 5.73 Å². The van der Waals surface area contributed by atoms with E-state index in [9.17, 15) is 9.59 Å². The standard InChI is InChI=1S/C8H14N4O2/c9-4-5-2-1-3-6(5)12-7(13)10-11-8(12)14/h5-6H,1-4,9H2,(H,10,13)(H,11,14). The average molecular weight is 198 g/mol. The molecule has 0 aromatic carbocycles. The van der Waals surface area contributed by atoms with E-state index in [1.54, 1.807) is 0 Å². The van der Waals surface area contributed by atoms with Gasteiger partial charge in [0.15, 0.2) is 0 Å². The number of nitrogens with zero attached hydrogens (tertiary/aromatic N) is 1. The van der Waals surface area contributed by atoms with Gasteiger partial charge in [0, 0.05) is 6.04 Å². The molecule has 6 nitrogen and oxygen atoms in total. The normalized spacial score (nSPS) is 26.9. The molecule has 0 aliphatic heterocycles. The van der Waals surface area contributed by atoms with Crippen LogP contribution >= 0.6 is 0 Å². The molecule has 2 unspecified atom stereocenters. The van der Waals surface area contributed by atoms with E-state index < -0.39 is 0 Å². The van der Waals surface area contributed by atoms with E-state index >= 15 is 0 Å². The number of nitrogens with one attached hydrogen (secondary N) is 2. The Balaban J connectivity index is 2.39. The molecular weight excluding hydrogens is 184 g/mol. The summed E-state index contributed by atoms with van der Waals surface area (Å²) in [6, 6.07) is -0.0255. The molecule has 1 aromatic rings. The van der Waals surface area contributed by atoms with Gasteiger partial charge in [-0.25, -0.2) is 24.4 Å². The van der Waals surface area contributed by atoms with Crippen molar-refractivity contribution in [3.8, 4) is 0 Å². The minimum absolute atomic E-state index is 0.0255. The maximum atomic E-state index is 11.3. The number of aromatic amines is 2. The molecule has 2 rings (SSSR count). The van der Waals surface area contributed by atoms with Crippen LogP contribution in [0.4, 0.5) is 0 Å². The third-order valence-electron chi connectivity index (χ3n) is 2.97. The van der Waals surface area contributed by atoms with Crippen LogP contribution in [0.15, 0.2) is 9.59 Å². The van der Waals surface area contributed by atoms with E-state index in [-0.39, 0.29) is 23.3 Å². The second kappa shape index (κ2) is 3.45. The van der Waals surface area contributed by atoms with Gasteiger partial charge in [0.05, 0.1) is 0 Å². The zero-order valence-electron chi connectivity index (χ0n) is 7.82. The van der Waals surface area contributed by atoms with Crippen LogP contribution in [0.5, 0.6) is 0 Å². The number of H-pyrrole nitrogens is 2. The number of hydrogen-bond acceptors (Lipinski definition) is 3. The third kappa shape index (κ3) is 1.31. The fourth-order valence-electron chi connectivity index (χ4n) is 2.25. The fraction of sp³-hybridized carbons (Fsp3) is 0.750. The molecule has 0 spiro atoms. The van der Waals surface area contributed by atoms with Crippen LogP contribution in [-0.2, 0) is 0 Å².